The molecule has 0 aromatic carbocycles. The van der Waals surface area contributed by atoms with Gasteiger partial charge in [0, 0.05) is 25.9 Å². The number of hydrogen-bond acceptors (Lipinski definition) is 2. The number of likely N-dealkylation sites (tertiary alicyclic amines) is 1. The number of carbonyl (C=O) groups excluding carboxylic acids is 1. The predicted molar refractivity (Wildman–Crippen MR) is 51.5 cm³/mol. The van der Waals surface area contributed by atoms with Crippen molar-refractivity contribution < 1.29 is 13.6 Å². The average Bonchev–Trinajstić information content (AvgIpc) is 2.99. The van der Waals surface area contributed by atoms with E-state index in [-0.39, 0.29) is 31.8 Å². The molecule has 0 unspecified atom stereocenters. The fourth-order valence-corrected chi connectivity index (χ4v) is 1.92. The van der Waals surface area contributed by atoms with E-state index in [1.165, 1.54) is 4.90 Å². The molecular formula is C10H16F2N2O. The van der Waals surface area contributed by atoms with Gasteiger partial charge in [0.25, 0.3) is 5.92 Å². The van der Waals surface area contributed by atoms with Crippen LogP contribution in [0.25, 0.3) is 0 Å². The molecule has 1 aliphatic heterocycles. The van der Waals surface area contributed by atoms with Crippen molar-refractivity contribution in [2.24, 2.45) is 11.7 Å². The lowest BCUT2D eigenvalue weighted by atomic mass is 10.0. The van der Waals surface area contributed by atoms with Crippen molar-refractivity contribution in [1.82, 2.24) is 4.90 Å². The molecular weight excluding hydrogens is 202 g/mol. The Hall–Kier alpha value is -0.710. The lowest BCUT2D eigenvalue weighted by Gasteiger charge is -2.33. The van der Waals surface area contributed by atoms with Gasteiger partial charge in [0.15, 0.2) is 0 Å². The van der Waals surface area contributed by atoms with Crippen LogP contribution in [0, 0.1) is 5.92 Å². The molecule has 1 atom stereocenters. The number of carbonyl (C=O) groups is 1. The molecule has 15 heavy (non-hydrogen) atoms. The zero-order valence-corrected chi connectivity index (χ0v) is 8.59. The molecule has 2 rings (SSSR count). The Morgan fingerprint density at radius 3 is 2.33 bits per heavy atom. The van der Waals surface area contributed by atoms with Crippen LogP contribution >= 0.6 is 0 Å². The number of rotatable bonds is 2. The van der Waals surface area contributed by atoms with Gasteiger partial charge >= 0.3 is 0 Å². The first-order valence-electron chi connectivity index (χ1n) is 5.42. The topological polar surface area (TPSA) is 46.3 Å². The van der Waals surface area contributed by atoms with E-state index in [4.69, 9.17) is 5.73 Å². The third-order valence-electron chi connectivity index (χ3n) is 3.22. The van der Waals surface area contributed by atoms with Crippen molar-refractivity contribution in [2.75, 3.05) is 13.1 Å². The zero-order valence-electron chi connectivity index (χ0n) is 8.59. The van der Waals surface area contributed by atoms with Crippen molar-refractivity contribution in [1.29, 1.82) is 0 Å². The third-order valence-corrected chi connectivity index (χ3v) is 3.22. The number of alkyl halides is 2. The second-order valence-corrected chi connectivity index (χ2v) is 4.54. The van der Waals surface area contributed by atoms with Gasteiger partial charge in [-0.25, -0.2) is 8.78 Å². The van der Waals surface area contributed by atoms with Gasteiger partial charge in [-0.05, 0) is 18.8 Å². The van der Waals surface area contributed by atoms with Crippen molar-refractivity contribution in [3.63, 3.8) is 0 Å². The smallest absolute Gasteiger partial charge is 0.251 e. The highest BCUT2D eigenvalue weighted by atomic mass is 19.3. The molecule has 2 fully saturated rings. The standard InChI is InChI=1S/C10H16F2N2O/c11-10(12)3-5-14(6-4-10)9(15)8(13)7-1-2-7/h7-8H,1-6,13H2/t8-/m1/s1. The van der Waals surface area contributed by atoms with Gasteiger partial charge in [-0.1, -0.05) is 0 Å². The van der Waals surface area contributed by atoms with Crippen molar-refractivity contribution in [2.45, 2.75) is 37.6 Å². The summed E-state index contributed by atoms with van der Waals surface area (Å²) < 4.78 is 25.7. The minimum absolute atomic E-state index is 0.145. The van der Waals surface area contributed by atoms with E-state index in [1.807, 2.05) is 0 Å². The molecule has 3 nitrogen and oxygen atoms in total. The van der Waals surface area contributed by atoms with E-state index in [0.29, 0.717) is 5.92 Å². The highest BCUT2D eigenvalue weighted by molar-refractivity contribution is 5.82. The summed E-state index contributed by atoms with van der Waals surface area (Å²) in [6, 6.07) is -0.461. The van der Waals surface area contributed by atoms with Crippen LogP contribution in [0.15, 0.2) is 0 Å². The molecule has 5 heteroatoms. The summed E-state index contributed by atoms with van der Waals surface area (Å²) in [6.07, 6.45) is 1.54. The van der Waals surface area contributed by atoms with E-state index in [9.17, 15) is 13.6 Å². The molecule has 0 aromatic rings. The van der Waals surface area contributed by atoms with Crippen LogP contribution in [-0.2, 0) is 4.79 Å². The molecule has 0 bridgehead atoms. The van der Waals surface area contributed by atoms with Crippen LogP contribution in [-0.4, -0.2) is 35.9 Å². The lowest BCUT2D eigenvalue weighted by Crippen LogP contribution is -2.50. The van der Waals surface area contributed by atoms with Crippen molar-refractivity contribution in [3.8, 4) is 0 Å². The molecule has 1 aliphatic carbocycles. The van der Waals surface area contributed by atoms with Crippen LogP contribution in [0.2, 0.25) is 0 Å². The number of hydrogen-bond donors (Lipinski definition) is 1. The van der Waals surface area contributed by atoms with Crippen LogP contribution in [0.3, 0.4) is 0 Å². The second-order valence-electron chi connectivity index (χ2n) is 4.54. The number of piperidine rings is 1. The molecule has 0 spiro atoms. The van der Waals surface area contributed by atoms with Gasteiger partial charge in [0.1, 0.15) is 0 Å². The Kier molecular flexibility index (Phi) is 2.66. The Labute approximate surface area is 87.6 Å². The Balaban J connectivity index is 1.86. The third kappa shape index (κ3) is 2.45. The van der Waals surface area contributed by atoms with E-state index < -0.39 is 12.0 Å². The first-order chi connectivity index (χ1) is 6.99. The molecule has 1 saturated heterocycles. The highest BCUT2D eigenvalue weighted by Gasteiger charge is 2.40. The molecule has 1 saturated carbocycles. The molecule has 2 aliphatic rings. The Morgan fingerprint density at radius 2 is 1.87 bits per heavy atom. The highest BCUT2D eigenvalue weighted by Crippen LogP contribution is 2.33. The summed E-state index contributed by atoms with van der Waals surface area (Å²) in [5.74, 6) is -2.45. The first kappa shape index (κ1) is 10.8. The molecule has 1 amide bonds. The second kappa shape index (κ2) is 3.70. The number of nitrogens with two attached hydrogens (primary N) is 1. The molecule has 2 N–H and O–H groups in total. The maximum absolute atomic E-state index is 12.8. The van der Waals surface area contributed by atoms with Gasteiger partial charge in [-0.2, -0.15) is 0 Å². The summed E-state index contributed by atoms with van der Waals surface area (Å²) >= 11 is 0. The minimum Gasteiger partial charge on any atom is -0.341 e. The van der Waals surface area contributed by atoms with E-state index >= 15 is 0 Å². The predicted octanol–water partition coefficient (Wildman–Crippen LogP) is 0.981. The van der Waals surface area contributed by atoms with E-state index in [1.54, 1.807) is 0 Å². The van der Waals surface area contributed by atoms with Crippen LogP contribution in [0.5, 0.6) is 0 Å². The number of halogens is 2. The average molecular weight is 218 g/mol. The monoisotopic (exact) mass is 218 g/mol. The molecule has 86 valence electrons. The normalized spacial score (nSPS) is 27.5. The number of nitrogens with zero attached hydrogens (tertiary/aromatic N) is 1. The summed E-state index contributed by atoms with van der Waals surface area (Å²) in [5, 5.41) is 0. The molecule has 1 heterocycles. The van der Waals surface area contributed by atoms with Gasteiger partial charge in [0.2, 0.25) is 5.91 Å². The maximum atomic E-state index is 12.8. The summed E-state index contributed by atoms with van der Waals surface area (Å²) in [7, 11) is 0. The lowest BCUT2D eigenvalue weighted by molar-refractivity contribution is -0.139. The largest absolute Gasteiger partial charge is 0.341 e. The van der Waals surface area contributed by atoms with Crippen LogP contribution in [0.1, 0.15) is 25.7 Å². The maximum Gasteiger partial charge on any atom is 0.251 e. The van der Waals surface area contributed by atoms with E-state index in [0.717, 1.165) is 12.8 Å². The first-order valence-corrected chi connectivity index (χ1v) is 5.42. The molecule has 0 aromatic heterocycles. The van der Waals surface area contributed by atoms with E-state index in [2.05, 4.69) is 0 Å². The fraction of sp³-hybridized carbons (Fsp3) is 0.900. The van der Waals surface area contributed by atoms with Crippen LogP contribution in [0.4, 0.5) is 8.78 Å². The molecule has 0 radical (unpaired) electrons. The fourth-order valence-electron chi connectivity index (χ4n) is 1.92. The Bertz CT molecular complexity index is 256. The summed E-state index contributed by atoms with van der Waals surface area (Å²) in [4.78, 5) is 13.2. The van der Waals surface area contributed by atoms with Crippen molar-refractivity contribution >= 4 is 5.91 Å². The zero-order chi connectivity index (χ0) is 11.1. The summed E-state index contributed by atoms with van der Waals surface area (Å²) in [6.45, 7) is 0.290. The summed E-state index contributed by atoms with van der Waals surface area (Å²) in [5.41, 5.74) is 5.74. The SMILES string of the molecule is N[C@@H](C(=O)N1CCC(F)(F)CC1)C1CC1. The van der Waals surface area contributed by atoms with Gasteiger partial charge in [-0.15, -0.1) is 0 Å². The minimum atomic E-state index is -2.60. The van der Waals surface area contributed by atoms with Crippen molar-refractivity contribution in [3.05, 3.63) is 0 Å². The van der Waals surface area contributed by atoms with Gasteiger partial charge in [0.05, 0.1) is 6.04 Å². The Morgan fingerprint density at radius 1 is 1.33 bits per heavy atom. The van der Waals surface area contributed by atoms with Crippen LogP contribution < -0.4 is 5.73 Å². The van der Waals surface area contributed by atoms with Gasteiger partial charge < -0.3 is 10.6 Å². The van der Waals surface area contributed by atoms with Gasteiger partial charge in [-0.3, -0.25) is 4.79 Å². The number of amides is 1. The quantitative estimate of drug-likeness (QED) is 0.751.